The molecule has 152 valence electrons. The SMILES string of the molecule is Cc1ccc(OC(C)C(=O)N2CCC(c3nnc4n3CCNC4)CC2)cc1.Cl. The molecule has 1 aromatic heterocycles. The topological polar surface area (TPSA) is 72.3 Å². The van der Waals surface area contributed by atoms with Crippen LogP contribution in [0, 0.1) is 6.92 Å². The lowest BCUT2D eigenvalue weighted by Gasteiger charge is -2.33. The van der Waals surface area contributed by atoms with Gasteiger partial charge in [-0.25, -0.2) is 0 Å². The minimum Gasteiger partial charge on any atom is -0.481 e. The van der Waals surface area contributed by atoms with Crippen molar-refractivity contribution in [1.82, 2.24) is 25.0 Å². The van der Waals surface area contributed by atoms with Gasteiger partial charge in [0.2, 0.25) is 0 Å². The molecule has 2 aromatic rings. The zero-order valence-electron chi connectivity index (χ0n) is 16.4. The zero-order chi connectivity index (χ0) is 18.8. The number of fused-ring (bicyclic) bond motifs is 1. The Kier molecular flexibility index (Phi) is 6.57. The van der Waals surface area contributed by atoms with Gasteiger partial charge in [0, 0.05) is 32.1 Å². The number of likely N-dealkylation sites (tertiary alicyclic amines) is 1. The zero-order valence-corrected chi connectivity index (χ0v) is 17.2. The molecule has 7 nitrogen and oxygen atoms in total. The quantitative estimate of drug-likeness (QED) is 0.844. The van der Waals surface area contributed by atoms with Crippen molar-refractivity contribution in [2.45, 2.75) is 51.8 Å². The number of aryl methyl sites for hydroxylation is 1. The molecular formula is C20H28ClN5O2. The van der Waals surface area contributed by atoms with E-state index < -0.39 is 6.10 Å². The Hall–Kier alpha value is -2.12. The van der Waals surface area contributed by atoms with Crippen molar-refractivity contribution in [2.75, 3.05) is 19.6 Å². The molecule has 3 heterocycles. The predicted molar refractivity (Wildman–Crippen MR) is 109 cm³/mol. The van der Waals surface area contributed by atoms with Crippen LogP contribution >= 0.6 is 12.4 Å². The lowest BCUT2D eigenvalue weighted by atomic mass is 9.95. The van der Waals surface area contributed by atoms with Gasteiger partial charge in [-0.1, -0.05) is 17.7 Å². The van der Waals surface area contributed by atoms with E-state index in [4.69, 9.17) is 4.74 Å². The first-order valence-electron chi connectivity index (χ1n) is 9.76. The molecule has 1 atom stereocenters. The number of halogens is 1. The Morgan fingerprint density at radius 1 is 1.18 bits per heavy atom. The number of hydrogen-bond acceptors (Lipinski definition) is 5. The number of nitrogens with zero attached hydrogens (tertiary/aromatic N) is 4. The molecule has 0 spiro atoms. The summed E-state index contributed by atoms with van der Waals surface area (Å²) in [5, 5.41) is 12.1. The highest BCUT2D eigenvalue weighted by Gasteiger charge is 2.30. The number of rotatable bonds is 4. The molecule has 1 aromatic carbocycles. The second-order valence-corrected chi connectivity index (χ2v) is 7.48. The number of piperidine rings is 1. The lowest BCUT2D eigenvalue weighted by molar-refractivity contribution is -0.139. The molecule has 28 heavy (non-hydrogen) atoms. The van der Waals surface area contributed by atoms with Gasteiger partial charge in [0.15, 0.2) is 6.10 Å². The summed E-state index contributed by atoms with van der Waals surface area (Å²) in [6, 6.07) is 7.81. The maximum Gasteiger partial charge on any atom is 0.263 e. The first kappa shape index (κ1) is 20.6. The summed E-state index contributed by atoms with van der Waals surface area (Å²) >= 11 is 0. The summed E-state index contributed by atoms with van der Waals surface area (Å²) in [6.07, 6.45) is 1.37. The number of aromatic nitrogens is 3. The van der Waals surface area contributed by atoms with E-state index in [1.54, 1.807) is 0 Å². The minimum absolute atomic E-state index is 0. The van der Waals surface area contributed by atoms with Crippen LogP contribution in [-0.2, 0) is 17.9 Å². The summed E-state index contributed by atoms with van der Waals surface area (Å²) in [6.45, 7) is 8.03. The van der Waals surface area contributed by atoms with Crippen molar-refractivity contribution < 1.29 is 9.53 Å². The van der Waals surface area contributed by atoms with Crippen LogP contribution in [0.15, 0.2) is 24.3 Å². The maximum absolute atomic E-state index is 12.8. The molecule has 1 fully saturated rings. The summed E-state index contributed by atoms with van der Waals surface area (Å²) < 4.78 is 8.08. The molecule has 0 aliphatic carbocycles. The van der Waals surface area contributed by atoms with Crippen LogP contribution in [0.1, 0.15) is 42.9 Å². The van der Waals surface area contributed by atoms with Gasteiger partial charge in [-0.3, -0.25) is 4.79 Å². The lowest BCUT2D eigenvalue weighted by Crippen LogP contribution is -2.44. The van der Waals surface area contributed by atoms with E-state index in [-0.39, 0.29) is 18.3 Å². The maximum atomic E-state index is 12.8. The minimum atomic E-state index is -0.476. The van der Waals surface area contributed by atoms with Gasteiger partial charge in [-0.2, -0.15) is 0 Å². The molecule has 0 saturated carbocycles. The summed E-state index contributed by atoms with van der Waals surface area (Å²) in [5.41, 5.74) is 1.18. The number of amides is 1. The monoisotopic (exact) mass is 405 g/mol. The van der Waals surface area contributed by atoms with Crippen LogP contribution in [0.3, 0.4) is 0 Å². The number of hydrogen-bond donors (Lipinski definition) is 1. The second kappa shape index (κ2) is 8.92. The van der Waals surface area contributed by atoms with Crippen LogP contribution in [0.2, 0.25) is 0 Å². The van der Waals surface area contributed by atoms with Gasteiger partial charge in [-0.15, -0.1) is 22.6 Å². The average molecular weight is 406 g/mol. The molecular weight excluding hydrogens is 378 g/mol. The third-order valence-electron chi connectivity index (χ3n) is 5.50. The third-order valence-corrected chi connectivity index (χ3v) is 5.50. The smallest absolute Gasteiger partial charge is 0.263 e. The fraction of sp³-hybridized carbons (Fsp3) is 0.550. The molecule has 1 unspecified atom stereocenters. The number of carbonyl (C=O) groups is 1. The summed E-state index contributed by atoms with van der Waals surface area (Å²) in [7, 11) is 0. The van der Waals surface area contributed by atoms with E-state index in [0.29, 0.717) is 5.92 Å². The first-order chi connectivity index (χ1) is 13.1. The third kappa shape index (κ3) is 4.31. The van der Waals surface area contributed by atoms with Crippen molar-refractivity contribution in [3.63, 3.8) is 0 Å². The van der Waals surface area contributed by atoms with Gasteiger partial charge in [0.1, 0.15) is 17.4 Å². The van der Waals surface area contributed by atoms with Crippen LogP contribution < -0.4 is 10.1 Å². The fourth-order valence-electron chi connectivity index (χ4n) is 3.90. The van der Waals surface area contributed by atoms with E-state index in [2.05, 4.69) is 20.1 Å². The normalized spacial score (nSPS) is 18.1. The molecule has 4 rings (SSSR count). The predicted octanol–water partition coefficient (Wildman–Crippen LogP) is 2.29. The van der Waals surface area contributed by atoms with E-state index >= 15 is 0 Å². The summed E-state index contributed by atoms with van der Waals surface area (Å²) in [4.78, 5) is 14.7. The number of benzene rings is 1. The Bertz CT molecular complexity index is 799. The van der Waals surface area contributed by atoms with Crippen molar-refractivity contribution in [3.8, 4) is 5.75 Å². The molecule has 0 bridgehead atoms. The number of ether oxygens (including phenoxy) is 1. The standard InChI is InChI=1S/C20H27N5O2.ClH/c1-14-3-5-17(6-4-14)27-15(2)20(26)24-10-7-16(8-11-24)19-23-22-18-13-21-9-12-25(18)19;/h3-6,15-16,21H,7-13H2,1-2H3;1H. The van der Waals surface area contributed by atoms with E-state index in [0.717, 1.165) is 63.0 Å². The van der Waals surface area contributed by atoms with Crippen LogP contribution in [-0.4, -0.2) is 51.3 Å². The fourth-order valence-corrected chi connectivity index (χ4v) is 3.90. The molecule has 0 radical (unpaired) electrons. The van der Waals surface area contributed by atoms with Crippen molar-refractivity contribution in [3.05, 3.63) is 41.5 Å². The van der Waals surface area contributed by atoms with Crippen LogP contribution in [0.25, 0.3) is 0 Å². The van der Waals surface area contributed by atoms with Gasteiger partial charge in [-0.05, 0) is 38.8 Å². The molecule has 1 N–H and O–H groups in total. The highest BCUT2D eigenvalue weighted by molar-refractivity contribution is 5.85. The largest absolute Gasteiger partial charge is 0.481 e. The van der Waals surface area contributed by atoms with E-state index in [1.807, 2.05) is 43.0 Å². The van der Waals surface area contributed by atoms with Gasteiger partial charge < -0.3 is 19.5 Å². The first-order valence-corrected chi connectivity index (χ1v) is 9.76. The molecule has 1 saturated heterocycles. The van der Waals surface area contributed by atoms with Crippen molar-refractivity contribution in [2.24, 2.45) is 0 Å². The average Bonchev–Trinajstić information content (AvgIpc) is 3.13. The van der Waals surface area contributed by atoms with E-state index in [1.165, 1.54) is 5.56 Å². The van der Waals surface area contributed by atoms with Crippen LogP contribution in [0.4, 0.5) is 0 Å². The highest BCUT2D eigenvalue weighted by atomic mass is 35.5. The Labute approximate surface area is 171 Å². The summed E-state index contributed by atoms with van der Waals surface area (Å²) in [5.74, 6) is 3.28. The Morgan fingerprint density at radius 2 is 1.89 bits per heavy atom. The number of carbonyl (C=O) groups excluding carboxylic acids is 1. The highest BCUT2D eigenvalue weighted by Crippen LogP contribution is 2.28. The molecule has 8 heteroatoms. The van der Waals surface area contributed by atoms with Gasteiger partial charge in [0.05, 0.1) is 6.54 Å². The molecule has 1 amide bonds. The Morgan fingerprint density at radius 3 is 2.61 bits per heavy atom. The van der Waals surface area contributed by atoms with Crippen LogP contribution in [0.5, 0.6) is 5.75 Å². The molecule has 2 aliphatic heterocycles. The Balaban J connectivity index is 0.00000225. The second-order valence-electron chi connectivity index (χ2n) is 7.48. The molecule has 2 aliphatic rings. The van der Waals surface area contributed by atoms with Gasteiger partial charge in [0.25, 0.3) is 5.91 Å². The van der Waals surface area contributed by atoms with Crippen molar-refractivity contribution >= 4 is 18.3 Å². The number of nitrogens with one attached hydrogen (secondary N) is 1. The van der Waals surface area contributed by atoms with Gasteiger partial charge >= 0.3 is 0 Å². The van der Waals surface area contributed by atoms with Crippen molar-refractivity contribution in [1.29, 1.82) is 0 Å². The van der Waals surface area contributed by atoms with E-state index in [9.17, 15) is 4.79 Å².